The third-order valence-corrected chi connectivity index (χ3v) is 4.11. The van der Waals surface area contributed by atoms with Crippen LogP contribution in [0.5, 0.6) is 0 Å². The highest BCUT2D eigenvalue weighted by atomic mass is 16.5. The van der Waals surface area contributed by atoms with Crippen molar-refractivity contribution < 1.29 is 23.9 Å². The maximum Gasteiger partial charge on any atom is 0.340 e. The van der Waals surface area contributed by atoms with Crippen molar-refractivity contribution in [3.63, 3.8) is 0 Å². The van der Waals surface area contributed by atoms with Crippen molar-refractivity contribution >= 4 is 29.5 Å². The largest absolute Gasteiger partial charge is 0.452 e. The first-order chi connectivity index (χ1) is 13.5. The second-order valence-electron chi connectivity index (χ2n) is 6.11. The number of para-hydroxylation sites is 1. The molecule has 28 heavy (non-hydrogen) atoms. The van der Waals surface area contributed by atoms with Gasteiger partial charge in [-0.1, -0.05) is 42.5 Å². The number of rotatable bonds is 6. The molecular weight excluding hydrogens is 362 g/mol. The third-order valence-electron chi connectivity index (χ3n) is 4.11. The van der Waals surface area contributed by atoms with E-state index >= 15 is 0 Å². The van der Waals surface area contributed by atoms with Crippen LogP contribution in [0.25, 0.3) is 0 Å². The molecule has 1 aliphatic rings. The van der Waals surface area contributed by atoms with E-state index in [9.17, 15) is 19.2 Å². The zero-order valence-corrected chi connectivity index (χ0v) is 15.0. The Bertz CT molecular complexity index is 898. The average Bonchev–Trinajstić information content (AvgIpc) is 3.13. The number of nitrogens with zero attached hydrogens (tertiary/aromatic N) is 1. The highest BCUT2D eigenvalue weighted by molar-refractivity contribution is 6.03. The van der Waals surface area contributed by atoms with Gasteiger partial charge in [0.05, 0.1) is 17.7 Å². The van der Waals surface area contributed by atoms with Gasteiger partial charge in [-0.15, -0.1) is 0 Å². The highest BCUT2D eigenvalue weighted by Crippen LogP contribution is 2.17. The summed E-state index contributed by atoms with van der Waals surface area (Å²) in [5.74, 6) is -1.64. The number of hydrogen-bond acceptors (Lipinski definition) is 5. The van der Waals surface area contributed by atoms with Gasteiger partial charge >= 0.3 is 12.0 Å². The van der Waals surface area contributed by atoms with Crippen molar-refractivity contribution in [3.8, 4) is 0 Å². The first-order valence-corrected chi connectivity index (χ1v) is 8.72. The first kappa shape index (κ1) is 19.1. The van der Waals surface area contributed by atoms with Gasteiger partial charge < -0.3 is 15.4 Å². The van der Waals surface area contributed by atoms with Gasteiger partial charge in [-0.25, -0.2) is 9.59 Å². The number of nitrogens with one attached hydrogen (secondary N) is 2. The van der Waals surface area contributed by atoms with Crippen LogP contribution in [0.4, 0.5) is 10.5 Å². The fourth-order valence-electron chi connectivity index (χ4n) is 2.74. The lowest BCUT2D eigenvalue weighted by molar-refractivity contribution is -0.130. The molecule has 8 heteroatoms. The van der Waals surface area contributed by atoms with Crippen molar-refractivity contribution in [1.29, 1.82) is 0 Å². The summed E-state index contributed by atoms with van der Waals surface area (Å²) in [5, 5.41) is 5.19. The number of amides is 4. The lowest BCUT2D eigenvalue weighted by Crippen LogP contribution is -2.37. The zero-order valence-electron chi connectivity index (χ0n) is 15.0. The highest BCUT2D eigenvalue weighted by Gasteiger charge is 2.27. The molecule has 1 saturated heterocycles. The van der Waals surface area contributed by atoms with Crippen molar-refractivity contribution in [2.75, 3.05) is 25.0 Å². The van der Waals surface area contributed by atoms with Crippen LogP contribution < -0.4 is 10.6 Å². The number of carbonyl (C=O) groups is 4. The number of ether oxygens (including phenoxy) is 1. The van der Waals surface area contributed by atoms with Crippen molar-refractivity contribution in [2.24, 2.45) is 0 Å². The van der Waals surface area contributed by atoms with Crippen molar-refractivity contribution in [2.45, 2.75) is 6.42 Å². The monoisotopic (exact) mass is 381 g/mol. The van der Waals surface area contributed by atoms with Gasteiger partial charge in [-0.05, 0) is 17.7 Å². The quantitative estimate of drug-likeness (QED) is 0.739. The molecule has 2 aromatic carbocycles. The van der Waals surface area contributed by atoms with Gasteiger partial charge in [0.25, 0.3) is 5.91 Å². The van der Waals surface area contributed by atoms with Gasteiger partial charge in [0.1, 0.15) is 0 Å². The normalized spacial score (nSPS) is 13.0. The maximum absolute atomic E-state index is 12.4. The number of anilines is 1. The molecule has 2 aromatic rings. The van der Waals surface area contributed by atoms with Crippen LogP contribution >= 0.6 is 0 Å². The molecule has 0 saturated carbocycles. The van der Waals surface area contributed by atoms with Crippen LogP contribution in [0.1, 0.15) is 15.9 Å². The predicted molar refractivity (Wildman–Crippen MR) is 101 cm³/mol. The Balaban J connectivity index is 1.61. The SMILES string of the molecule is O=C(Cc1ccccc1)Nc1ccccc1C(=O)OCC(=O)N1CCNC1=O. The van der Waals surface area contributed by atoms with Crippen LogP contribution in [-0.4, -0.2) is 48.4 Å². The number of benzene rings is 2. The molecule has 0 spiro atoms. The van der Waals surface area contributed by atoms with E-state index in [-0.39, 0.29) is 24.4 Å². The predicted octanol–water partition coefficient (Wildman–Crippen LogP) is 1.58. The molecule has 1 fully saturated rings. The summed E-state index contributed by atoms with van der Waals surface area (Å²) in [6.45, 7) is 0.0503. The summed E-state index contributed by atoms with van der Waals surface area (Å²) in [5.41, 5.74) is 1.26. The molecule has 8 nitrogen and oxygen atoms in total. The van der Waals surface area contributed by atoms with E-state index in [2.05, 4.69) is 10.6 Å². The summed E-state index contributed by atoms with van der Waals surface area (Å²) in [4.78, 5) is 49.1. The van der Waals surface area contributed by atoms with E-state index in [1.54, 1.807) is 18.2 Å². The lowest BCUT2D eigenvalue weighted by atomic mass is 10.1. The van der Waals surface area contributed by atoms with E-state index < -0.39 is 24.5 Å². The minimum atomic E-state index is -0.761. The zero-order chi connectivity index (χ0) is 19.9. The fraction of sp³-hybridized carbons (Fsp3) is 0.200. The Labute approximate surface area is 161 Å². The smallest absolute Gasteiger partial charge is 0.340 e. The van der Waals surface area contributed by atoms with Crippen LogP contribution in [-0.2, 0) is 20.7 Å². The lowest BCUT2D eigenvalue weighted by Gasteiger charge is -2.13. The number of esters is 1. The first-order valence-electron chi connectivity index (χ1n) is 8.72. The topological polar surface area (TPSA) is 105 Å². The van der Waals surface area contributed by atoms with Gasteiger partial charge in [0.2, 0.25) is 5.91 Å². The van der Waals surface area contributed by atoms with Gasteiger partial charge in [-0.2, -0.15) is 0 Å². The molecule has 3 rings (SSSR count). The van der Waals surface area contributed by atoms with E-state index in [1.165, 1.54) is 6.07 Å². The Morgan fingerprint density at radius 2 is 1.75 bits per heavy atom. The molecule has 0 radical (unpaired) electrons. The number of carbonyl (C=O) groups excluding carboxylic acids is 4. The summed E-state index contributed by atoms with van der Waals surface area (Å²) in [6, 6.07) is 15.1. The number of urea groups is 1. The van der Waals surface area contributed by atoms with Crippen LogP contribution in [0, 0.1) is 0 Å². The van der Waals surface area contributed by atoms with Gasteiger partial charge in [0.15, 0.2) is 6.61 Å². The Morgan fingerprint density at radius 1 is 1.04 bits per heavy atom. The molecule has 0 aliphatic carbocycles. The fourth-order valence-corrected chi connectivity index (χ4v) is 2.74. The Hall–Kier alpha value is -3.68. The second-order valence-corrected chi connectivity index (χ2v) is 6.11. The molecule has 2 N–H and O–H groups in total. The molecule has 0 bridgehead atoms. The maximum atomic E-state index is 12.4. The molecule has 1 aliphatic heterocycles. The van der Waals surface area contributed by atoms with E-state index in [4.69, 9.17) is 4.74 Å². The summed E-state index contributed by atoms with van der Waals surface area (Å²) in [7, 11) is 0. The molecule has 1 heterocycles. The Kier molecular flexibility index (Phi) is 6.01. The molecule has 144 valence electrons. The minimum Gasteiger partial charge on any atom is -0.452 e. The number of hydrogen-bond donors (Lipinski definition) is 2. The average molecular weight is 381 g/mol. The standard InChI is InChI=1S/C20H19N3O5/c24-17(12-14-6-2-1-3-7-14)22-16-9-5-4-8-15(16)19(26)28-13-18(25)23-11-10-21-20(23)27/h1-9H,10-13H2,(H,21,27)(H,22,24). The van der Waals surface area contributed by atoms with E-state index in [0.29, 0.717) is 12.2 Å². The van der Waals surface area contributed by atoms with Crippen LogP contribution in [0.2, 0.25) is 0 Å². The number of imide groups is 1. The molecular formula is C20H19N3O5. The van der Waals surface area contributed by atoms with Crippen LogP contribution in [0.15, 0.2) is 54.6 Å². The minimum absolute atomic E-state index is 0.127. The van der Waals surface area contributed by atoms with Gasteiger partial charge in [-0.3, -0.25) is 14.5 Å². The van der Waals surface area contributed by atoms with Crippen molar-refractivity contribution in [3.05, 3.63) is 65.7 Å². The molecule has 4 amide bonds. The third kappa shape index (κ3) is 4.73. The molecule has 0 aromatic heterocycles. The van der Waals surface area contributed by atoms with Crippen LogP contribution in [0.3, 0.4) is 0 Å². The molecule has 0 atom stereocenters. The van der Waals surface area contributed by atoms with Crippen molar-refractivity contribution in [1.82, 2.24) is 10.2 Å². The Morgan fingerprint density at radius 3 is 2.46 bits per heavy atom. The summed E-state index contributed by atoms with van der Waals surface area (Å²) >= 11 is 0. The molecule has 0 unspecified atom stereocenters. The van der Waals surface area contributed by atoms with E-state index in [0.717, 1.165) is 10.5 Å². The second kappa shape index (κ2) is 8.81. The van der Waals surface area contributed by atoms with Gasteiger partial charge in [0, 0.05) is 13.1 Å². The summed E-state index contributed by atoms with van der Waals surface area (Å²) in [6.07, 6.45) is 0.160. The summed E-state index contributed by atoms with van der Waals surface area (Å²) < 4.78 is 5.03. The van der Waals surface area contributed by atoms with E-state index in [1.807, 2.05) is 30.3 Å².